The molecule has 4 heteroatoms. The van der Waals surface area contributed by atoms with Gasteiger partial charge in [0.25, 0.3) is 0 Å². The normalized spacial score (nSPS) is 19.8. The summed E-state index contributed by atoms with van der Waals surface area (Å²) in [5.74, 6) is -1.79. The first-order valence-electron chi connectivity index (χ1n) is 4.81. The molecule has 82 valence electrons. The summed E-state index contributed by atoms with van der Waals surface area (Å²) in [6.45, 7) is 1.30. The Bertz CT molecular complexity index is 473. The molecule has 2 rings (SSSR count). The molecule has 0 spiro atoms. The number of esters is 1. The molecule has 0 aliphatic carbocycles. The average Bonchev–Trinajstić information content (AvgIpc) is 2.57. The van der Waals surface area contributed by atoms with E-state index in [2.05, 4.69) is 0 Å². The molecule has 1 aromatic rings. The van der Waals surface area contributed by atoms with Crippen LogP contribution in [-0.4, -0.2) is 16.9 Å². The maximum atomic E-state index is 11.3. The van der Waals surface area contributed by atoms with Gasteiger partial charge in [0.15, 0.2) is 11.9 Å². The molecule has 1 heterocycles. The Balaban J connectivity index is 2.45. The Morgan fingerprint density at radius 3 is 2.50 bits per heavy atom. The average molecular weight is 218 g/mol. The van der Waals surface area contributed by atoms with Gasteiger partial charge in [-0.15, -0.1) is 0 Å². The molecular weight excluding hydrogens is 208 g/mol. The predicted molar refractivity (Wildman–Crippen MR) is 55.6 cm³/mol. The van der Waals surface area contributed by atoms with E-state index in [0.717, 1.165) is 0 Å². The van der Waals surface area contributed by atoms with Gasteiger partial charge in [-0.25, -0.2) is 4.79 Å². The Morgan fingerprint density at radius 2 is 1.94 bits per heavy atom. The van der Waals surface area contributed by atoms with Crippen LogP contribution in [0.15, 0.2) is 41.7 Å². The number of aliphatic hydroxyl groups is 1. The fraction of sp³-hybridized carbons (Fsp3) is 0.167. The van der Waals surface area contributed by atoms with Gasteiger partial charge in [-0.05, 0) is 12.5 Å². The monoisotopic (exact) mass is 218 g/mol. The van der Waals surface area contributed by atoms with Crippen LogP contribution < -0.4 is 0 Å². The van der Waals surface area contributed by atoms with E-state index in [0.29, 0.717) is 5.56 Å². The van der Waals surface area contributed by atoms with E-state index in [4.69, 9.17) is 4.74 Å². The highest BCUT2D eigenvalue weighted by Gasteiger charge is 2.37. The molecule has 0 aromatic heterocycles. The van der Waals surface area contributed by atoms with Crippen LogP contribution in [-0.2, 0) is 14.3 Å². The van der Waals surface area contributed by atoms with E-state index < -0.39 is 17.8 Å². The molecule has 0 amide bonds. The van der Waals surface area contributed by atoms with Crippen LogP contribution in [0.4, 0.5) is 0 Å². The first-order valence-corrected chi connectivity index (χ1v) is 4.81. The van der Waals surface area contributed by atoms with Gasteiger partial charge in [0.1, 0.15) is 0 Å². The fourth-order valence-electron chi connectivity index (χ4n) is 1.67. The van der Waals surface area contributed by atoms with E-state index in [1.54, 1.807) is 24.3 Å². The predicted octanol–water partition coefficient (Wildman–Crippen LogP) is 1.69. The molecule has 0 fully saturated rings. The van der Waals surface area contributed by atoms with Gasteiger partial charge in [-0.3, -0.25) is 4.79 Å². The van der Waals surface area contributed by atoms with Crippen molar-refractivity contribution in [2.75, 3.05) is 0 Å². The van der Waals surface area contributed by atoms with Gasteiger partial charge in [-0.1, -0.05) is 30.3 Å². The number of hydrogen-bond donors (Lipinski definition) is 1. The molecule has 16 heavy (non-hydrogen) atoms. The number of aliphatic hydroxyl groups excluding tert-OH is 1. The number of carbonyl (C=O) groups excluding carboxylic acids is 2. The Morgan fingerprint density at radius 1 is 1.31 bits per heavy atom. The minimum absolute atomic E-state index is 0.0243. The van der Waals surface area contributed by atoms with Crippen molar-refractivity contribution in [1.82, 2.24) is 0 Å². The van der Waals surface area contributed by atoms with Crippen LogP contribution in [0.3, 0.4) is 0 Å². The van der Waals surface area contributed by atoms with Crippen molar-refractivity contribution in [1.29, 1.82) is 0 Å². The molecule has 1 N–H and O–H groups in total. The smallest absolute Gasteiger partial charge is 0.374 e. The van der Waals surface area contributed by atoms with Crippen molar-refractivity contribution >= 4 is 11.8 Å². The number of Topliss-reactive ketones (excluding diaryl/α,β-unsaturated/α-hetero) is 1. The van der Waals surface area contributed by atoms with Crippen LogP contribution in [0.25, 0.3) is 0 Å². The lowest BCUT2D eigenvalue weighted by Gasteiger charge is -2.11. The SMILES string of the molecule is CC(=O)C1=C(O)C(=O)O[C@H]1c1ccccc1. The van der Waals surface area contributed by atoms with Gasteiger partial charge >= 0.3 is 5.97 Å². The number of hydrogen-bond acceptors (Lipinski definition) is 4. The molecule has 0 radical (unpaired) electrons. The van der Waals surface area contributed by atoms with Crippen LogP contribution in [0.1, 0.15) is 18.6 Å². The first-order chi connectivity index (χ1) is 7.61. The maximum Gasteiger partial charge on any atom is 0.374 e. The van der Waals surface area contributed by atoms with Crippen molar-refractivity contribution in [2.24, 2.45) is 0 Å². The summed E-state index contributed by atoms with van der Waals surface area (Å²) < 4.78 is 4.95. The van der Waals surface area contributed by atoms with Gasteiger partial charge in [0.05, 0.1) is 5.57 Å². The molecule has 4 nitrogen and oxygen atoms in total. The Hall–Kier alpha value is -2.10. The lowest BCUT2D eigenvalue weighted by molar-refractivity contribution is -0.142. The molecule has 1 atom stereocenters. The Kier molecular flexibility index (Phi) is 2.48. The molecular formula is C12H10O4. The Labute approximate surface area is 92.2 Å². The quantitative estimate of drug-likeness (QED) is 0.767. The van der Waals surface area contributed by atoms with Gasteiger partial charge in [-0.2, -0.15) is 0 Å². The van der Waals surface area contributed by atoms with Crippen molar-refractivity contribution in [2.45, 2.75) is 13.0 Å². The van der Waals surface area contributed by atoms with Crippen LogP contribution in [0, 0.1) is 0 Å². The van der Waals surface area contributed by atoms with Crippen molar-refractivity contribution in [3.8, 4) is 0 Å². The summed E-state index contributed by atoms with van der Waals surface area (Å²) in [5.41, 5.74) is 0.696. The topological polar surface area (TPSA) is 63.6 Å². The molecule has 1 aliphatic rings. The highest BCUT2D eigenvalue weighted by molar-refractivity contribution is 6.05. The standard InChI is InChI=1S/C12H10O4/c1-7(13)9-10(14)12(15)16-11(9)8-5-3-2-4-6-8/h2-6,11,14H,1H3/t11-/m0/s1. The number of cyclic esters (lactones) is 1. The maximum absolute atomic E-state index is 11.3. The number of ketones is 1. The summed E-state index contributed by atoms with van der Waals surface area (Å²) in [4.78, 5) is 22.5. The zero-order chi connectivity index (χ0) is 11.7. The molecule has 0 bridgehead atoms. The highest BCUT2D eigenvalue weighted by Crippen LogP contribution is 2.34. The second kappa shape index (κ2) is 3.81. The third-order valence-electron chi connectivity index (χ3n) is 2.42. The fourth-order valence-corrected chi connectivity index (χ4v) is 1.67. The summed E-state index contributed by atoms with van der Waals surface area (Å²) >= 11 is 0. The van der Waals surface area contributed by atoms with Gasteiger partial charge < -0.3 is 9.84 Å². The second-order valence-corrected chi connectivity index (χ2v) is 3.51. The van der Waals surface area contributed by atoms with Gasteiger partial charge in [0, 0.05) is 0 Å². The first kappa shape index (κ1) is 10.4. The molecule has 0 unspecified atom stereocenters. The zero-order valence-electron chi connectivity index (χ0n) is 8.64. The number of rotatable bonds is 2. The van der Waals surface area contributed by atoms with Crippen molar-refractivity contribution in [3.05, 3.63) is 47.2 Å². The molecule has 1 aliphatic heterocycles. The highest BCUT2D eigenvalue weighted by atomic mass is 16.6. The summed E-state index contributed by atoms with van der Waals surface area (Å²) in [5, 5.41) is 9.44. The number of carbonyl (C=O) groups is 2. The molecule has 0 saturated heterocycles. The van der Waals surface area contributed by atoms with Crippen LogP contribution in [0.2, 0.25) is 0 Å². The van der Waals surface area contributed by atoms with E-state index >= 15 is 0 Å². The van der Waals surface area contributed by atoms with Crippen LogP contribution in [0.5, 0.6) is 0 Å². The lowest BCUT2D eigenvalue weighted by Crippen LogP contribution is -2.07. The summed E-state index contributed by atoms with van der Waals surface area (Å²) in [6.07, 6.45) is -0.786. The number of ether oxygens (including phenoxy) is 1. The third kappa shape index (κ3) is 1.58. The minimum Gasteiger partial charge on any atom is -0.501 e. The van der Waals surface area contributed by atoms with E-state index in [1.807, 2.05) is 6.07 Å². The van der Waals surface area contributed by atoms with E-state index in [1.165, 1.54) is 6.92 Å². The molecule has 1 aromatic carbocycles. The lowest BCUT2D eigenvalue weighted by atomic mass is 9.99. The van der Waals surface area contributed by atoms with E-state index in [9.17, 15) is 14.7 Å². The largest absolute Gasteiger partial charge is 0.501 e. The number of benzene rings is 1. The molecule has 0 saturated carbocycles. The van der Waals surface area contributed by atoms with Gasteiger partial charge in [0.2, 0.25) is 5.76 Å². The van der Waals surface area contributed by atoms with E-state index in [-0.39, 0.29) is 11.4 Å². The minimum atomic E-state index is -0.848. The zero-order valence-corrected chi connectivity index (χ0v) is 8.64. The van der Waals surface area contributed by atoms with Crippen molar-refractivity contribution < 1.29 is 19.4 Å². The van der Waals surface area contributed by atoms with Crippen LogP contribution >= 0.6 is 0 Å². The van der Waals surface area contributed by atoms with Crippen molar-refractivity contribution in [3.63, 3.8) is 0 Å². The second-order valence-electron chi connectivity index (χ2n) is 3.51. The summed E-state index contributed by atoms with van der Waals surface area (Å²) in [6, 6.07) is 8.84. The summed E-state index contributed by atoms with van der Waals surface area (Å²) in [7, 11) is 0. The third-order valence-corrected chi connectivity index (χ3v) is 2.42.